The summed E-state index contributed by atoms with van der Waals surface area (Å²) in [4.78, 5) is 14.4. The number of nitrogen functional groups attached to an aromatic ring is 1. The van der Waals surface area contributed by atoms with Crippen LogP contribution in [-0.4, -0.2) is 26.1 Å². The van der Waals surface area contributed by atoms with Crippen LogP contribution in [0.15, 0.2) is 36.4 Å². The van der Waals surface area contributed by atoms with Gasteiger partial charge in [0.05, 0.1) is 18.7 Å². The first-order chi connectivity index (χ1) is 11.6. The maximum absolute atomic E-state index is 12.4. The van der Waals surface area contributed by atoms with Crippen LogP contribution in [0.3, 0.4) is 0 Å². The number of nitrogens with two attached hydrogens (primary N) is 1. The van der Waals surface area contributed by atoms with E-state index in [1.165, 1.54) is 0 Å². The first-order valence-electron chi connectivity index (χ1n) is 7.84. The lowest BCUT2D eigenvalue weighted by Gasteiger charge is -2.31. The highest BCUT2D eigenvalue weighted by Gasteiger charge is 2.20. The first kappa shape index (κ1) is 16.5. The number of benzene rings is 2. The number of hydrogen-bond acceptors (Lipinski definition) is 4. The van der Waals surface area contributed by atoms with Gasteiger partial charge in [0.25, 0.3) is 0 Å². The van der Waals surface area contributed by atoms with Crippen molar-refractivity contribution >= 4 is 34.6 Å². The summed E-state index contributed by atoms with van der Waals surface area (Å²) in [7, 11) is 1.55. The van der Waals surface area contributed by atoms with E-state index in [9.17, 15) is 4.79 Å². The van der Waals surface area contributed by atoms with Gasteiger partial charge >= 0.3 is 0 Å². The van der Waals surface area contributed by atoms with Gasteiger partial charge in [-0.15, -0.1) is 0 Å². The van der Waals surface area contributed by atoms with Crippen LogP contribution in [-0.2, 0) is 11.2 Å². The molecular formula is C18H20ClN3O2. The number of halogens is 1. The lowest BCUT2D eigenvalue weighted by atomic mass is 10.00. The lowest BCUT2D eigenvalue weighted by Crippen LogP contribution is -2.37. The molecule has 0 aliphatic carbocycles. The van der Waals surface area contributed by atoms with Gasteiger partial charge in [-0.2, -0.15) is 0 Å². The van der Waals surface area contributed by atoms with E-state index in [1.807, 2.05) is 18.2 Å². The zero-order chi connectivity index (χ0) is 17.1. The summed E-state index contributed by atoms with van der Waals surface area (Å²) in [6, 6.07) is 11.0. The van der Waals surface area contributed by atoms with Crippen LogP contribution in [0, 0.1) is 0 Å². The number of carbonyl (C=O) groups excluding carboxylic acids is 1. The van der Waals surface area contributed by atoms with Gasteiger partial charge in [-0.1, -0.05) is 17.7 Å². The Morgan fingerprint density at radius 2 is 2.21 bits per heavy atom. The Labute approximate surface area is 146 Å². The van der Waals surface area contributed by atoms with Crippen molar-refractivity contribution in [2.75, 3.05) is 36.1 Å². The molecule has 0 unspecified atom stereocenters. The van der Waals surface area contributed by atoms with Crippen LogP contribution in [0.5, 0.6) is 5.75 Å². The van der Waals surface area contributed by atoms with Gasteiger partial charge < -0.3 is 20.7 Å². The highest BCUT2D eigenvalue weighted by Crippen LogP contribution is 2.31. The van der Waals surface area contributed by atoms with E-state index in [0.29, 0.717) is 16.5 Å². The van der Waals surface area contributed by atoms with Gasteiger partial charge in [-0.05, 0) is 48.7 Å². The molecule has 0 spiro atoms. The van der Waals surface area contributed by atoms with Crippen molar-refractivity contribution in [3.63, 3.8) is 0 Å². The quantitative estimate of drug-likeness (QED) is 0.834. The van der Waals surface area contributed by atoms with Crippen molar-refractivity contribution in [1.82, 2.24) is 0 Å². The highest BCUT2D eigenvalue weighted by atomic mass is 35.5. The summed E-state index contributed by atoms with van der Waals surface area (Å²) in [6.45, 7) is 1.12. The Morgan fingerprint density at radius 1 is 1.38 bits per heavy atom. The molecule has 5 nitrogen and oxygen atoms in total. The van der Waals surface area contributed by atoms with E-state index in [-0.39, 0.29) is 12.5 Å². The number of anilines is 3. The molecule has 1 heterocycles. The van der Waals surface area contributed by atoms with Gasteiger partial charge in [0.1, 0.15) is 5.75 Å². The number of nitrogens with zero attached hydrogens (tertiary/aromatic N) is 1. The molecule has 126 valence electrons. The summed E-state index contributed by atoms with van der Waals surface area (Å²) >= 11 is 6.09. The van der Waals surface area contributed by atoms with E-state index >= 15 is 0 Å². The second-order valence-electron chi connectivity index (χ2n) is 5.77. The third kappa shape index (κ3) is 3.41. The number of amides is 1. The summed E-state index contributed by atoms with van der Waals surface area (Å²) < 4.78 is 5.11. The molecule has 1 aliphatic rings. The molecule has 1 aliphatic heterocycles. The lowest BCUT2D eigenvalue weighted by molar-refractivity contribution is -0.115. The largest absolute Gasteiger partial charge is 0.495 e. The van der Waals surface area contributed by atoms with Crippen molar-refractivity contribution in [2.24, 2.45) is 0 Å². The average Bonchev–Trinajstić information content (AvgIpc) is 2.56. The Balaban J connectivity index is 1.70. The summed E-state index contributed by atoms with van der Waals surface area (Å²) in [5.41, 5.74) is 9.66. The number of ether oxygens (including phenoxy) is 1. The number of fused-ring (bicyclic) bond motifs is 1. The van der Waals surface area contributed by atoms with Crippen LogP contribution in [0.4, 0.5) is 17.1 Å². The Bertz CT molecular complexity index is 764. The van der Waals surface area contributed by atoms with Crippen molar-refractivity contribution in [2.45, 2.75) is 12.8 Å². The van der Waals surface area contributed by atoms with Crippen LogP contribution in [0.2, 0.25) is 5.02 Å². The maximum Gasteiger partial charge on any atom is 0.243 e. The van der Waals surface area contributed by atoms with Crippen molar-refractivity contribution in [3.05, 3.63) is 47.0 Å². The Hall–Kier alpha value is -2.40. The van der Waals surface area contributed by atoms with Gasteiger partial charge in [-0.3, -0.25) is 4.79 Å². The standard InChI is InChI=1S/C18H20ClN3O2/c1-24-17-8-7-12(10-14(17)19)21-18(23)11-22-9-3-4-13-15(20)5-2-6-16(13)22/h2,5-8,10H,3-4,9,11,20H2,1H3,(H,21,23). The van der Waals surface area contributed by atoms with Crippen LogP contribution < -0.4 is 20.7 Å². The van der Waals surface area contributed by atoms with Crippen LogP contribution in [0.25, 0.3) is 0 Å². The average molecular weight is 346 g/mol. The molecule has 3 N–H and O–H groups in total. The molecule has 0 saturated carbocycles. The number of hydrogen-bond donors (Lipinski definition) is 2. The minimum Gasteiger partial charge on any atom is -0.495 e. The molecular weight excluding hydrogens is 326 g/mol. The summed E-state index contributed by atoms with van der Waals surface area (Å²) in [5, 5.41) is 3.34. The molecule has 24 heavy (non-hydrogen) atoms. The van der Waals surface area contributed by atoms with E-state index in [4.69, 9.17) is 22.1 Å². The van der Waals surface area contributed by atoms with E-state index in [1.54, 1.807) is 25.3 Å². The zero-order valence-corrected chi connectivity index (χ0v) is 14.3. The molecule has 0 atom stereocenters. The zero-order valence-electron chi connectivity index (χ0n) is 13.5. The van der Waals surface area contributed by atoms with E-state index in [2.05, 4.69) is 10.2 Å². The molecule has 3 rings (SSSR count). The topological polar surface area (TPSA) is 67.6 Å². The molecule has 0 radical (unpaired) electrons. The molecule has 2 aromatic rings. The molecule has 0 fully saturated rings. The van der Waals surface area contributed by atoms with Crippen molar-refractivity contribution < 1.29 is 9.53 Å². The van der Waals surface area contributed by atoms with E-state index < -0.39 is 0 Å². The second-order valence-corrected chi connectivity index (χ2v) is 6.17. The number of carbonyl (C=O) groups is 1. The van der Waals surface area contributed by atoms with E-state index in [0.717, 1.165) is 36.3 Å². The smallest absolute Gasteiger partial charge is 0.243 e. The predicted octanol–water partition coefficient (Wildman–Crippen LogP) is 3.32. The van der Waals surface area contributed by atoms with Crippen LogP contribution >= 0.6 is 11.6 Å². The molecule has 2 aromatic carbocycles. The van der Waals surface area contributed by atoms with Gasteiger partial charge in [-0.25, -0.2) is 0 Å². The Morgan fingerprint density at radius 3 is 2.96 bits per heavy atom. The predicted molar refractivity (Wildman–Crippen MR) is 98.0 cm³/mol. The fourth-order valence-electron chi connectivity index (χ4n) is 3.01. The minimum absolute atomic E-state index is 0.0912. The van der Waals surface area contributed by atoms with Gasteiger partial charge in [0, 0.05) is 23.6 Å². The number of rotatable bonds is 4. The van der Waals surface area contributed by atoms with Crippen molar-refractivity contribution in [1.29, 1.82) is 0 Å². The monoisotopic (exact) mass is 345 g/mol. The fraction of sp³-hybridized carbons (Fsp3) is 0.278. The summed E-state index contributed by atoms with van der Waals surface area (Å²) in [5.74, 6) is 0.488. The molecule has 0 aromatic heterocycles. The third-order valence-electron chi connectivity index (χ3n) is 4.15. The third-order valence-corrected chi connectivity index (χ3v) is 4.45. The number of methoxy groups -OCH3 is 1. The molecule has 6 heteroatoms. The minimum atomic E-state index is -0.0912. The molecule has 0 saturated heterocycles. The normalized spacial score (nSPS) is 13.3. The fourth-order valence-corrected chi connectivity index (χ4v) is 3.27. The van der Waals surface area contributed by atoms with Gasteiger partial charge in [0.15, 0.2) is 0 Å². The SMILES string of the molecule is COc1ccc(NC(=O)CN2CCCc3c(N)cccc32)cc1Cl. The number of nitrogens with one attached hydrogen (secondary N) is 1. The van der Waals surface area contributed by atoms with Crippen LogP contribution in [0.1, 0.15) is 12.0 Å². The second kappa shape index (κ2) is 7.01. The maximum atomic E-state index is 12.4. The summed E-state index contributed by atoms with van der Waals surface area (Å²) in [6.07, 6.45) is 1.94. The Kier molecular flexibility index (Phi) is 4.81. The highest BCUT2D eigenvalue weighted by molar-refractivity contribution is 6.32. The first-order valence-corrected chi connectivity index (χ1v) is 8.22. The van der Waals surface area contributed by atoms with Crippen molar-refractivity contribution in [3.8, 4) is 5.75 Å². The molecule has 1 amide bonds. The van der Waals surface area contributed by atoms with Gasteiger partial charge in [0.2, 0.25) is 5.91 Å². The molecule has 0 bridgehead atoms.